The number of aliphatic imine (C=N–C) groups is 1. The highest BCUT2D eigenvalue weighted by molar-refractivity contribution is 8.15. The highest BCUT2D eigenvalue weighted by Gasteiger charge is 2.47. The maximum absolute atomic E-state index is 11.7. The molecule has 2 aliphatic rings. The molecule has 0 aromatic carbocycles. The van der Waals surface area contributed by atoms with Crippen LogP contribution in [0.1, 0.15) is 20.3 Å². The Bertz CT molecular complexity index is 485. The summed E-state index contributed by atoms with van der Waals surface area (Å²) in [5, 5.41) is 0.705. The van der Waals surface area contributed by atoms with Gasteiger partial charge in [-0.1, -0.05) is 25.6 Å². The van der Waals surface area contributed by atoms with Gasteiger partial charge in [0.2, 0.25) is 5.91 Å². The number of amidine groups is 1. The molecule has 2 atom stereocenters. The van der Waals surface area contributed by atoms with Gasteiger partial charge in [-0.25, -0.2) is 8.42 Å². The van der Waals surface area contributed by atoms with Crippen molar-refractivity contribution in [3.63, 3.8) is 0 Å². The van der Waals surface area contributed by atoms with Gasteiger partial charge < -0.3 is 4.90 Å². The highest BCUT2D eigenvalue weighted by atomic mass is 32.2. The first-order chi connectivity index (χ1) is 8.28. The van der Waals surface area contributed by atoms with Gasteiger partial charge in [-0.05, 0) is 5.92 Å². The standard InChI is InChI=1S/C11H18N2O3S2/c1-7(2)4-10(14)12-11-13(3)8-5-18(15,16)6-9(8)17-11/h7-9H,4-6H2,1-3H3/t8-,9-/m1/s1. The summed E-state index contributed by atoms with van der Waals surface area (Å²) in [6.07, 6.45) is 0.436. The number of sulfone groups is 1. The van der Waals surface area contributed by atoms with Gasteiger partial charge in [-0.15, -0.1) is 0 Å². The summed E-state index contributed by atoms with van der Waals surface area (Å²) in [5.74, 6) is 0.545. The number of fused-ring (bicyclic) bond motifs is 1. The van der Waals surface area contributed by atoms with Crippen LogP contribution in [0.2, 0.25) is 0 Å². The van der Waals surface area contributed by atoms with Gasteiger partial charge in [0.25, 0.3) is 0 Å². The lowest BCUT2D eigenvalue weighted by atomic mass is 10.1. The maximum Gasteiger partial charge on any atom is 0.248 e. The third-order valence-electron chi connectivity index (χ3n) is 3.13. The number of hydrogen-bond acceptors (Lipinski definition) is 4. The van der Waals surface area contributed by atoms with Gasteiger partial charge in [0, 0.05) is 18.7 Å². The quantitative estimate of drug-likeness (QED) is 0.751. The third-order valence-corrected chi connectivity index (χ3v) is 6.43. The molecule has 2 rings (SSSR count). The van der Waals surface area contributed by atoms with Gasteiger partial charge in [-0.2, -0.15) is 4.99 Å². The van der Waals surface area contributed by atoms with E-state index in [1.807, 2.05) is 25.8 Å². The summed E-state index contributed by atoms with van der Waals surface area (Å²) >= 11 is 1.42. The Hall–Kier alpha value is -0.560. The smallest absolute Gasteiger partial charge is 0.248 e. The normalized spacial score (nSPS) is 32.2. The van der Waals surface area contributed by atoms with Crippen molar-refractivity contribution in [3.05, 3.63) is 0 Å². The summed E-state index contributed by atoms with van der Waals surface area (Å²) in [5.41, 5.74) is 0. The second-order valence-electron chi connectivity index (χ2n) is 5.30. The minimum absolute atomic E-state index is 0.0226. The largest absolute Gasteiger partial charge is 0.349 e. The molecule has 0 aromatic heterocycles. The minimum Gasteiger partial charge on any atom is -0.349 e. The average molecular weight is 290 g/mol. The summed E-state index contributed by atoms with van der Waals surface area (Å²) in [4.78, 5) is 17.6. The molecular formula is C11H18N2O3S2. The summed E-state index contributed by atoms with van der Waals surface area (Å²) in [7, 11) is -1.09. The highest BCUT2D eigenvalue weighted by Crippen LogP contribution is 2.36. The van der Waals surface area contributed by atoms with Crippen molar-refractivity contribution in [2.75, 3.05) is 18.6 Å². The lowest BCUT2D eigenvalue weighted by Crippen LogP contribution is -2.34. The first-order valence-electron chi connectivity index (χ1n) is 6.00. The molecule has 2 aliphatic heterocycles. The predicted octanol–water partition coefficient (Wildman–Crippen LogP) is 0.759. The van der Waals surface area contributed by atoms with Crippen molar-refractivity contribution >= 4 is 32.7 Å². The molecule has 5 nitrogen and oxygen atoms in total. The number of carbonyl (C=O) groups excluding carboxylic acids is 1. The second kappa shape index (κ2) is 4.85. The fourth-order valence-electron chi connectivity index (χ4n) is 2.24. The summed E-state index contributed by atoms with van der Waals surface area (Å²) in [6, 6.07) is -0.0226. The van der Waals surface area contributed by atoms with Crippen molar-refractivity contribution < 1.29 is 13.2 Å². The Morgan fingerprint density at radius 2 is 2.17 bits per heavy atom. The van der Waals surface area contributed by atoms with Crippen LogP contribution in [-0.4, -0.2) is 54.2 Å². The molecular weight excluding hydrogens is 272 g/mol. The van der Waals surface area contributed by atoms with Crippen LogP contribution < -0.4 is 0 Å². The molecule has 2 fully saturated rings. The van der Waals surface area contributed by atoms with Crippen molar-refractivity contribution in [1.82, 2.24) is 4.90 Å². The number of thioether (sulfide) groups is 1. The minimum atomic E-state index is -2.91. The molecule has 0 aliphatic carbocycles. The fraction of sp³-hybridized carbons (Fsp3) is 0.818. The zero-order valence-electron chi connectivity index (χ0n) is 10.8. The Morgan fingerprint density at radius 3 is 2.72 bits per heavy atom. The lowest BCUT2D eigenvalue weighted by molar-refractivity contribution is -0.118. The van der Waals surface area contributed by atoms with Crippen LogP contribution in [0.25, 0.3) is 0 Å². The molecule has 0 aromatic rings. The maximum atomic E-state index is 11.7. The molecule has 0 spiro atoms. The van der Waals surface area contributed by atoms with E-state index in [4.69, 9.17) is 0 Å². The zero-order chi connectivity index (χ0) is 13.5. The van der Waals surface area contributed by atoms with Gasteiger partial charge in [0.05, 0.1) is 17.5 Å². The van der Waals surface area contributed by atoms with Crippen LogP contribution in [0, 0.1) is 5.92 Å². The van der Waals surface area contributed by atoms with Crippen LogP contribution in [0.4, 0.5) is 0 Å². The van der Waals surface area contributed by atoms with Crippen molar-refractivity contribution in [3.8, 4) is 0 Å². The van der Waals surface area contributed by atoms with Gasteiger partial charge >= 0.3 is 0 Å². The van der Waals surface area contributed by atoms with Crippen molar-refractivity contribution in [2.45, 2.75) is 31.6 Å². The van der Waals surface area contributed by atoms with E-state index in [1.165, 1.54) is 11.8 Å². The van der Waals surface area contributed by atoms with Crippen molar-refractivity contribution in [2.24, 2.45) is 10.9 Å². The van der Waals surface area contributed by atoms with Gasteiger partial charge in [-0.3, -0.25) is 4.79 Å². The molecule has 7 heteroatoms. The second-order valence-corrected chi connectivity index (χ2v) is 8.66. The van der Waals surface area contributed by atoms with Gasteiger partial charge in [0.15, 0.2) is 15.0 Å². The monoisotopic (exact) mass is 290 g/mol. The van der Waals surface area contributed by atoms with E-state index in [-0.39, 0.29) is 28.7 Å². The van der Waals surface area contributed by atoms with Crippen molar-refractivity contribution in [1.29, 1.82) is 0 Å². The molecule has 2 saturated heterocycles. The number of carbonyl (C=O) groups is 1. The SMILES string of the molecule is CC(C)CC(=O)N=C1S[C@@H]2CS(=O)(=O)C[C@H]2N1C. The first kappa shape index (κ1) is 13.9. The van der Waals surface area contributed by atoms with Crippen LogP contribution in [0.3, 0.4) is 0 Å². The summed E-state index contributed by atoms with van der Waals surface area (Å²) < 4.78 is 23.0. The topological polar surface area (TPSA) is 66.8 Å². The predicted molar refractivity (Wildman–Crippen MR) is 73.5 cm³/mol. The number of nitrogens with zero attached hydrogens (tertiary/aromatic N) is 2. The third kappa shape index (κ3) is 2.88. The average Bonchev–Trinajstić information content (AvgIpc) is 2.61. The Balaban J connectivity index is 2.08. The van der Waals surface area contributed by atoms with Gasteiger partial charge in [0.1, 0.15) is 0 Å². The fourth-order valence-corrected chi connectivity index (χ4v) is 6.25. The molecule has 0 bridgehead atoms. The van der Waals surface area contributed by atoms with E-state index in [1.54, 1.807) is 0 Å². The lowest BCUT2D eigenvalue weighted by Gasteiger charge is -2.17. The van der Waals surface area contributed by atoms with E-state index in [0.29, 0.717) is 17.5 Å². The van der Waals surface area contributed by atoms with Crippen LogP contribution >= 0.6 is 11.8 Å². The molecule has 2 heterocycles. The molecule has 0 saturated carbocycles. The van der Waals surface area contributed by atoms with Crippen LogP contribution in [0.5, 0.6) is 0 Å². The Labute approximate surface area is 112 Å². The molecule has 0 radical (unpaired) electrons. The number of amides is 1. The van der Waals surface area contributed by atoms with E-state index >= 15 is 0 Å². The molecule has 1 amide bonds. The van der Waals surface area contributed by atoms with E-state index in [0.717, 1.165) is 0 Å². The zero-order valence-corrected chi connectivity index (χ0v) is 12.4. The first-order valence-corrected chi connectivity index (χ1v) is 8.70. The van der Waals surface area contributed by atoms with Crippen LogP contribution in [-0.2, 0) is 14.6 Å². The molecule has 102 valence electrons. The molecule has 0 unspecified atom stereocenters. The molecule has 18 heavy (non-hydrogen) atoms. The van der Waals surface area contributed by atoms with E-state index in [2.05, 4.69) is 4.99 Å². The van der Waals surface area contributed by atoms with E-state index in [9.17, 15) is 13.2 Å². The Morgan fingerprint density at radius 1 is 1.50 bits per heavy atom. The number of rotatable bonds is 2. The number of hydrogen-bond donors (Lipinski definition) is 0. The Kier molecular flexibility index (Phi) is 3.73. The van der Waals surface area contributed by atoms with E-state index < -0.39 is 9.84 Å². The van der Waals surface area contributed by atoms with Crippen LogP contribution in [0.15, 0.2) is 4.99 Å². The molecule has 0 N–H and O–H groups in total. The summed E-state index contributed by atoms with van der Waals surface area (Å²) in [6.45, 7) is 3.95.